The summed E-state index contributed by atoms with van der Waals surface area (Å²) in [6, 6.07) is 3.98. The Morgan fingerprint density at radius 2 is 2.05 bits per heavy atom. The van der Waals surface area contributed by atoms with Crippen molar-refractivity contribution >= 4 is 17.3 Å². The lowest BCUT2D eigenvalue weighted by atomic mass is 10.0. The Morgan fingerprint density at radius 3 is 2.65 bits per heavy atom. The average molecular weight is 279 g/mol. The molecule has 0 aliphatic carbocycles. The maximum atomic E-state index is 12.9. The normalized spacial score (nSPS) is 22.9. The molecule has 1 aliphatic rings. The molecular formula is C15H22FN3O. The maximum absolute atomic E-state index is 12.9. The van der Waals surface area contributed by atoms with Gasteiger partial charge in [0.15, 0.2) is 0 Å². The Morgan fingerprint density at radius 1 is 1.40 bits per heavy atom. The molecule has 0 bridgehead atoms. The van der Waals surface area contributed by atoms with Crippen molar-refractivity contribution in [2.45, 2.75) is 20.3 Å². The Hall–Kier alpha value is -1.62. The van der Waals surface area contributed by atoms with Gasteiger partial charge in [0.25, 0.3) is 0 Å². The number of nitrogen functional groups attached to an aromatic ring is 1. The molecule has 1 amide bonds. The van der Waals surface area contributed by atoms with Crippen LogP contribution in [0.5, 0.6) is 0 Å². The van der Waals surface area contributed by atoms with Crippen LogP contribution in [0.4, 0.5) is 15.8 Å². The van der Waals surface area contributed by atoms with Crippen molar-refractivity contribution in [3.05, 3.63) is 24.0 Å². The number of halogens is 1. The van der Waals surface area contributed by atoms with Crippen molar-refractivity contribution in [1.29, 1.82) is 0 Å². The number of carbonyl (C=O) groups is 1. The van der Waals surface area contributed by atoms with Crippen molar-refractivity contribution in [1.82, 2.24) is 4.90 Å². The number of benzene rings is 1. The van der Waals surface area contributed by atoms with Gasteiger partial charge in [0.1, 0.15) is 5.82 Å². The van der Waals surface area contributed by atoms with E-state index in [0.717, 1.165) is 19.6 Å². The minimum absolute atomic E-state index is 0.0875. The zero-order valence-corrected chi connectivity index (χ0v) is 12.0. The van der Waals surface area contributed by atoms with Crippen LogP contribution in [0.3, 0.4) is 0 Å². The molecule has 1 aliphatic heterocycles. The molecular weight excluding hydrogens is 257 g/mol. The molecule has 1 heterocycles. The van der Waals surface area contributed by atoms with Crippen LogP contribution >= 0.6 is 0 Å². The Balaban J connectivity index is 1.81. The summed E-state index contributed by atoms with van der Waals surface area (Å²) in [5.74, 6) is 0.882. The molecule has 1 aromatic rings. The summed E-state index contributed by atoms with van der Waals surface area (Å²) in [6.45, 7) is 7.33. The van der Waals surface area contributed by atoms with Crippen molar-refractivity contribution in [3.8, 4) is 0 Å². The minimum atomic E-state index is -0.402. The zero-order valence-electron chi connectivity index (χ0n) is 12.0. The fourth-order valence-electron chi connectivity index (χ4n) is 2.55. The van der Waals surface area contributed by atoms with E-state index in [4.69, 9.17) is 5.73 Å². The molecule has 20 heavy (non-hydrogen) atoms. The van der Waals surface area contributed by atoms with Gasteiger partial charge in [-0.15, -0.1) is 0 Å². The number of likely N-dealkylation sites (tertiary alicyclic amines) is 1. The average Bonchev–Trinajstić information content (AvgIpc) is 2.70. The summed E-state index contributed by atoms with van der Waals surface area (Å²) in [5, 5.41) is 2.73. The monoisotopic (exact) mass is 279 g/mol. The van der Waals surface area contributed by atoms with Crippen LogP contribution < -0.4 is 11.1 Å². The number of hydrogen-bond acceptors (Lipinski definition) is 3. The summed E-state index contributed by atoms with van der Waals surface area (Å²) >= 11 is 0. The van der Waals surface area contributed by atoms with Gasteiger partial charge in [-0.25, -0.2) is 4.39 Å². The number of amides is 1. The van der Waals surface area contributed by atoms with Crippen molar-refractivity contribution in [3.63, 3.8) is 0 Å². The van der Waals surface area contributed by atoms with E-state index in [-0.39, 0.29) is 11.6 Å². The van der Waals surface area contributed by atoms with Gasteiger partial charge in [-0.05, 0) is 30.0 Å². The third-order valence-electron chi connectivity index (χ3n) is 4.01. The van der Waals surface area contributed by atoms with Gasteiger partial charge >= 0.3 is 0 Å². The first-order valence-electron chi connectivity index (χ1n) is 7.03. The quantitative estimate of drug-likeness (QED) is 0.832. The molecule has 110 valence electrons. The Bertz CT molecular complexity index is 482. The third-order valence-corrected chi connectivity index (χ3v) is 4.01. The second kappa shape index (κ2) is 6.22. The number of rotatable bonds is 4. The number of nitrogens with one attached hydrogen (secondary N) is 1. The fourth-order valence-corrected chi connectivity index (χ4v) is 2.55. The molecule has 4 nitrogen and oxygen atoms in total. The molecule has 2 unspecified atom stereocenters. The molecule has 2 rings (SSSR count). The van der Waals surface area contributed by atoms with Gasteiger partial charge in [-0.1, -0.05) is 13.8 Å². The molecule has 0 saturated carbocycles. The molecule has 1 fully saturated rings. The van der Waals surface area contributed by atoms with Crippen LogP contribution in [0.15, 0.2) is 18.2 Å². The number of nitrogens with two attached hydrogens (primary N) is 1. The second-order valence-corrected chi connectivity index (χ2v) is 5.74. The molecule has 0 radical (unpaired) electrons. The van der Waals surface area contributed by atoms with E-state index < -0.39 is 5.82 Å². The minimum Gasteiger partial charge on any atom is -0.397 e. The summed E-state index contributed by atoms with van der Waals surface area (Å²) in [4.78, 5) is 14.2. The van der Waals surface area contributed by atoms with Gasteiger partial charge in [-0.2, -0.15) is 0 Å². The summed E-state index contributed by atoms with van der Waals surface area (Å²) in [5.41, 5.74) is 6.38. The predicted octanol–water partition coefficient (Wildman–Crippen LogP) is 2.32. The highest BCUT2D eigenvalue weighted by Crippen LogP contribution is 2.22. The number of carbonyl (C=O) groups excluding carboxylic acids is 1. The molecule has 2 atom stereocenters. The van der Waals surface area contributed by atoms with Gasteiger partial charge in [0.05, 0.1) is 11.4 Å². The van der Waals surface area contributed by atoms with E-state index in [2.05, 4.69) is 24.1 Å². The molecule has 0 spiro atoms. The highest BCUT2D eigenvalue weighted by molar-refractivity contribution is 5.93. The van der Waals surface area contributed by atoms with Gasteiger partial charge < -0.3 is 16.0 Å². The van der Waals surface area contributed by atoms with E-state index in [1.54, 1.807) is 0 Å². The van der Waals surface area contributed by atoms with E-state index in [9.17, 15) is 9.18 Å². The smallest absolute Gasteiger partial charge is 0.225 e. The maximum Gasteiger partial charge on any atom is 0.225 e. The van der Waals surface area contributed by atoms with Gasteiger partial charge in [-0.3, -0.25) is 4.79 Å². The second-order valence-electron chi connectivity index (χ2n) is 5.74. The molecule has 0 aromatic heterocycles. The van der Waals surface area contributed by atoms with Crippen LogP contribution in [-0.4, -0.2) is 30.4 Å². The lowest BCUT2D eigenvalue weighted by Crippen LogP contribution is -2.26. The summed E-state index contributed by atoms with van der Waals surface area (Å²) in [6.07, 6.45) is 0.427. The SMILES string of the molecule is CC1CN(CCC(=O)Nc2ccc(F)cc2N)CC1C. The summed E-state index contributed by atoms with van der Waals surface area (Å²) in [7, 11) is 0. The van der Waals surface area contributed by atoms with E-state index in [0.29, 0.717) is 23.9 Å². The van der Waals surface area contributed by atoms with Crippen LogP contribution in [-0.2, 0) is 4.79 Å². The van der Waals surface area contributed by atoms with Crippen LogP contribution in [0, 0.1) is 17.7 Å². The lowest BCUT2D eigenvalue weighted by molar-refractivity contribution is -0.116. The largest absolute Gasteiger partial charge is 0.397 e. The highest BCUT2D eigenvalue weighted by atomic mass is 19.1. The van der Waals surface area contributed by atoms with Gasteiger partial charge in [0.2, 0.25) is 5.91 Å². The standard InChI is InChI=1S/C15H22FN3O/c1-10-8-19(9-11(10)2)6-5-15(20)18-14-4-3-12(16)7-13(14)17/h3-4,7,10-11H,5-6,8-9,17H2,1-2H3,(H,18,20). The van der Waals surface area contributed by atoms with Crippen LogP contribution in [0.25, 0.3) is 0 Å². The highest BCUT2D eigenvalue weighted by Gasteiger charge is 2.25. The fraction of sp³-hybridized carbons (Fsp3) is 0.533. The molecule has 1 aromatic carbocycles. The van der Waals surface area contributed by atoms with Gasteiger partial charge in [0, 0.05) is 26.1 Å². The predicted molar refractivity (Wildman–Crippen MR) is 78.8 cm³/mol. The van der Waals surface area contributed by atoms with E-state index >= 15 is 0 Å². The molecule has 3 N–H and O–H groups in total. The zero-order chi connectivity index (χ0) is 14.7. The van der Waals surface area contributed by atoms with Crippen molar-refractivity contribution < 1.29 is 9.18 Å². The van der Waals surface area contributed by atoms with Crippen molar-refractivity contribution in [2.24, 2.45) is 11.8 Å². The number of anilines is 2. The number of nitrogens with zero attached hydrogens (tertiary/aromatic N) is 1. The topological polar surface area (TPSA) is 58.4 Å². The lowest BCUT2D eigenvalue weighted by Gasteiger charge is -2.15. The van der Waals surface area contributed by atoms with Crippen molar-refractivity contribution in [2.75, 3.05) is 30.7 Å². The first kappa shape index (κ1) is 14.8. The molecule has 5 heteroatoms. The molecule has 1 saturated heterocycles. The number of hydrogen-bond donors (Lipinski definition) is 2. The van der Waals surface area contributed by atoms with E-state index in [1.807, 2.05) is 0 Å². The Kier molecular flexibility index (Phi) is 4.60. The van der Waals surface area contributed by atoms with Crippen LogP contribution in [0.2, 0.25) is 0 Å². The summed E-state index contributed by atoms with van der Waals surface area (Å²) < 4.78 is 12.9. The first-order valence-corrected chi connectivity index (χ1v) is 7.03. The third kappa shape index (κ3) is 3.70. The van der Waals surface area contributed by atoms with E-state index in [1.165, 1.54) is 18.2 Å². The van der Waals surface area contributed by atoms with Crippen LogP contribution in [0.1, 0.15) is 20.3 Å². The first-order chi connectivity index (χ1) is 9.45. The Labute approximate surface area is 119 Å².